The summed E-state index contributed by atoms with van der Waals surface area (Å²) in [6.07, 6.45) is 2.54. The number of para-hydroxylation sites is 1. The fourth-order valence-corrected chi connectivity index (χ4v) is 4.08. The largest absolute Gasteiger partial charge is 0.381 e. The van der Waals surface area contributed by atoms with Crippen LogP contribution in [0.15, 0.2) is 54.2 Å². The van der Waals surface area contributed by atoms with Gasteiger partial charge in [0.1, 0.15) is 16.9 Å². The minimum absolute atomic E-state index is 0.304. The molecular weight excluding hydrogens is 363 g/mol. The molecule has 1 fully saturated rings. The lowest BCUT2D eigenvalue weighted by atomic mass is 10.0. The number of halogens is 1. The van der Waals surface area contributed by atoms with Crippen molar-refractivity contribution in [2.75, 3.05) is 31.1 Å². The highest BCUT2D eigenvalue weighted by molar-refractivity contribution is 7.09. The van der Waals surface area contributed by atoms with Crippen LogP contribution in [0.3, 0.4) is 0 Å². The molecule has 1 atom stereocenters. The van der Waals surface area contributed by atoms with Gasteiger partial charge in [0.05, 0.1) is 11.4 Å². The van der Waals surface area contributed by atoms with Gasteiger partial charge in [0.2, 0.25) is 0 Å². The lowest BCUT2D eigenvalue weighted by Gasteiger charge is -2.37. The molecule has 0 spiro atoms. The third-order valence-corrected chi connectivity index (χ3v) is 5.63. The summed E-state index contributed by atoms with van der Waals surface area (Å²) in [6.45, 7) is 3.83. The first-order chi connectivity index (χ1) is 13.2. The average molecular weight is 384 g/mol. The SMILES string of the molecule is OC(c1nccs1)c1cccc(F)c1N1CCN(Cc2ccccn2)CC1. The third kappa shape index (κ3) is 4.00. The lowest BCUT2D eigenvalue weighted by molar-refractivity contribution is 0.217. The number of anilines is 1. The van der Waals surface area contributed by atoms with Crippen molar-refractivity contribution in [3.05, 3.63) is 76.3 Å². The molecule has 5 nitrogen and oxygen atoms in total. The maximum Gasteiger partial charge on any atom is 0.146 e. The van der Waals surface area contributed by atoms with Gasteiger partial charge in [-0.2, -0.15) is 0 Å². The first-order valence-electron chi connectivity index (χ1n) is 8.95. The summed E-state index contributed by atoms with van der Waals surface area (Å²) in [6, 6.07) is 10.8. The fraction of sp³-hybridized carbons (Fsp3) is 0.300. The zero-order chi connectivity index (χ0) is 18.6. The molecule has 0 amide bonds. The van der Waals surface area contributed by atoms with Gasteiger partial charge >= 0.3 is 0 Å². The first-order valence-corrected chi connectivity index (χ1v) is 9.83. The van der Waals surface area contributed by atoms with Gasteiger partial charge in [-0.1, -0.05) is 18.2 Å². The molecule has 27 heavy (non-hydrogen) atoms. The number of rotatable bonds is 5. The highest BCUT2D eigenvalue weighted by atomic mass is 32.1. The second-order valence-corrected chi connectivity index (χ2v) is 7.46. The molecule has 1 saturated heterocycles. The standard InChI is InChI=1S/C20H21FN4OS/c21-17-6-3-5-16(19(26)20-23-8-13-27-20)18(17)25-11-9-24(10-12-25)14-15-4-1-2-7-22-15/h1-8,13,19,26H,9-12,14H2. The van der Waals surface area contributed by atoms with Crippen molar-refractivity contribution in [1.29, 1.82) is 0 Å². The summed E-state index contributed by atoms with van der Waals surface area (Å²) in [5.41, 5.74) is 2.09. The molecule has 140 valence electrons. The van der Waals surface area contributed by atoms with Crippen LogP contribution in [0.2, 0.25) is 0 Å². The van der Waals surface area contributed by atoms with Gasteiger partial charge in [0.15, 0.2) is 0 Å². The van der Waals surface area contributed by atoms with Gasteiger partial charge in [0.25, 0.3) is 0 Å². The molecule has 0 aliphatic carbocycles. The molecule has 0 saturated carbocycles. The molecule has 1 aliphatic rings. The van der Waals surface area contributed by atoms with Crippen molar-refractivity contribution >= 4 is 17.0 Å². The molecule has 1 aromatic carbocycles. The van der Waals surface area contributed by atoms with E-state index in [9.17, 15) is 9.50 Å². The number of hydrogen-bond donors (Lipinski definition) is 1. The Labute approximate surface area is 161 Å². The van der Waals surface area contributed by atoms with Crippen molar-refractivity contribution in [3.8, 4) is 0 Å². The van der Waals surface area contributed by atoms with Crippen LogP contribution in [0.25, 0.3) is 0 Å². The maximum atomic E-state index is 14.7. The summed E-state index contributed by atoms with van der Waals surface area (Å²) in [5.74, 6) is -0.304. The topological polar surface area (TPSA) is 52.5 Å². The molecule has 3 aromatic rings. The van der Waals surface area contributed by atoms with E-state index in [1.807, 2.05) is 28.5 Å². The van der Waals surface area contributed by atoms with Crippen LogP contribution >= 0.6 is 11.3 Å². The number of piperazine rings is 1. The monoisotopic (exact) mass is 384 g/mol. The minimum atomic E-state index is -0.915. The summed E-state index contributed by atoms with van der Waals surface area (Å²) in [7, 11) is 0. The summed E-state index contributed by atoms with van der Waals surface area (Å²) in [5, 5.41) is 13.1. The van der Waals surface area contributed by atoms with Crippen molar-refractivity contribution in [3.63, 3.8) is 0 Å². The molecule has 1 N–H and O–H groups in total. The Morgan fingerprint density at radius 1 is 1.04 bits per heavy atom. The quantitative estimate of drug-likeness (QED) is 0.733. The zero-order valence-corrected chi connectivity index (χ0v) is 15.6. The fourth-order valence-electron chi connectivity index (χ4n) is 3.44. The van der Waals surface area contributed by atoms with Crippen LogP contribution in [0.5, 0.6) is 0 Å². The summed E-state index contributed by atoms with van der Waals surface area (Å²) < 4.78 is 14.7. The van der Waals surface area contributed by atoms with E-state index in [4.69, 9.17) is 0 Å². The highest BCUT2D eigenvalue weighted by Crippen LogP contribution is 2.34. The normalized spacial score (nSPS) is 16.4. The van der Waals surface area contributed by atoms with E-state index in [2.05, 4.69) is 14.9 Å². The number of pyridine rings is 1. The Kier molecular flexibility index (Phi) is 5.42. The van der Waals surface area contributed by atoms with Crippen LogP contribution in [0.4, 0.5) is 10.1 Å². The van der Waals surface area contributed by atoms with E-state index in [0.717, 1.165) is 25.3 Å². The summed E-state index contributed by atoms with van der Waals surface area (Å²) >= 11 is 1.37. The second kappa shape index (κ2) is 8.12. The molecular formula is C20H21FN4OS. The van der Waals surface area contributed by atoms with Crippen molar-refractivity contribution < 1.29 is 9.50 Å². The molecule has 0 bridgehead atoms. The Hall–Kier alpha value is -2.35. The number of thiazole rings is 1. The van der Waals surface area contributed by atoms with Crippen LogP contribution in [0.1, 0.15) is 22.4 Å². The number of aliphatic hydroxyl groups is 1. The zero-order valence-electron chi connectivity index (χ0n) is 14.8. The van der Waals surface area contributed by atoms with Crippen LogP contribution in [-0.4, -0.2) is 46.2 Å². The predicted molar refractivity (Wildman–Crippen MR) is 104 cm³/mol. The van der Waals surface area contributed by atoms with Crippen LogP contribution in [0, 0.1) is 5.82 Å². The number of nitrogens with zero attached hydrogens (tertiary/aromatic N) is 4. The molecule has 7 heteroatoms. The van der Waals surface area contributed by atoms with Gasteiger partial charge < -0.3 is 10.0 Å². The highest BCUT2D eigenvalue weighted by Gasteiger charge is 2.26. The number of aliphatic hydroxyl groups excluding tert-OH is 1. The number of hydrogen-bond acceptors (Lipinski definition) is 6. The minimum Gasteiger partial charge on any atom is -0.381 e. The smallest absolute Gasteiger partial charge is 0.146 e. The van der Waals surface area contributed by atoms with Crippen molar-refractivity contribution in [2.24, 2.45) is 0 Å². The van der Waals surface area contributed by atoms with Gasteiger partial charge in [-0.15, -0.1) is 11.3 Å². The van der Waals surface area contributed by atoms with Gasteiger partial charge in [-0.05, 0) is 18.2 Å². The van der Waals surface area contributed by atoms with Crippen molar-refractivity contribution in [1.82, 2.24) is 14.9 Å². The van der Waals surface area contributed by atoms with E-state index in [1.165, 1.54) is 17.4 Å². The Balaban J connectivity index is 1.50. The van der Waals surface area contributed by atoms with E-state index in [1.54, 1.807) is 24.5 Å². The maximum absolute atomic E-state index is 14.7. The lowest BCUT2D eigenvalue weighted by Crippen LogP contribution is -2.46. The number of aromatic nitrogens is 2. The molecule has 2 aromatic heterocycles. The van der Waals surface area contributed by atoms with E-state index >= 15 is 0 Å². The Morgan fingerprint density at radius 2 is 1.89 bits per heavy atom. The van der Waals surface area contributed by atoms with Crippen molar-refractivity contribution in [2.45, 2.75) is 12.6 Å². The molecule has 1 unspecified atom stereocenters. The number of benzene rings is 1. The van der Waals surface area contributed by atoms with Crippen LogP contribution in [-0.2, 0) is 6.54 Å². The van der Waals surface area contributed by atoms with Gasteiger partial charge in [-0.25, -0.2) is 9.37 Å². The third-order valence-electron chi connectivity index (χ3n) is 4.80. The molecule has 4 rings (SSSR count). The van der Waals surface area contributed by atoms with E-state index in [-0.39, 0.29) is 5.82 Å². The van der Waals surface area contributed by atoms with E-state index < -0.39 is 6.10 Å². The van der Waals surface area contributed by atoms with E-state index in [0.29, 0.717) is 29.3 Å². The first kappa shape index (κ1) is 18.0. The Morgan fingerprint density at radius 3 is 2.59 bits per heavy atom. The molecule has 0 radical (unpaired) electrons. The predicted octanol–water partition coefficient (Wildman–Crippen LogP) is 3.08. The second-order valence-electron chi connectivity index (χ2n) is 6.53. The van der Waals surface area contributed by atoms with Gasteiger partial charge in [-0.3, -0.25) is 9.88 Å². The van der Waals surface area contributed by atoms with Gasteiger partial charge in [0, 0.05) is 56.1 Å². The molecule has 3 heterocycles. The molecule has 1 aliphatic heterocycles. The van der Waals surface area contributed by atoms with Crippen LogP contribution < -0.4 is 4.90 Å². The Bertz CT molecular complexity index is 867. The average Bonchev–Trinajstić information content (AvgIpc) is 3.24. The summed E-state index contributed by atoms with van der Waals surface area (Å²) in [4.78, 5) is 12.9.